The molecule has 0 radical (unpaired) electrons. The van der Waals surface area contributed by atoms with Gasteiger partial charge in [0.05, 0.1) is 12.5 Å². The van der Waals surface area contributed by atoms with Crippen molar-refractivity contribution < 1.29 is 9.53 Å². The van der Waals surface area contributed by atoms with E-state index in [0.717, 1.165) is 18.4 Å². The highest BCUT2D eigenvalue weighted by atomic mass is 16.5. The topological polar surface area (TPSA) is 29.5 Å². The van der Waals surface area contributed by atoms with Gasteiger partial charge in [-0.1, -0.05) is 12.8 Å². The Bertz CT molecular complexity index is 338. The first-order valence-electron chi connectivity index (χ1n) is 8.67. The molecule has 0 aromatic heterocycles. The van der Waals surface area contributed by atoms with Crippen molar-refractivity contribution in [3.8, 4) is 0 Å². The molecule has 2 saturated carbocycles. The average Bonchev–Trinajstić information content (AvgIpc) is 3.08. The number of hydrogen-bond acceptors (Lipinski definition) is 3. The van der Waals surface area contributed by atoms with Gasteiger partial charge < -0.3 is 9.64 Å². The highest BCUT2D eigenvalue weighted by Gasteiger charge is 2.46. The van der Waals surface area contributed by atoms with Gasteiger partial charge in [-0.3, -0.25) is 4.79 Å². The van der Waals surface area contributed by atoms with Crippen molar-refractivity contribution in [3.63, 3.8) is 0 Å². The predicted octanol–water partition coefficient (Wildman–Crippen LogP) is 3.09. The lowest BCUT2D eigenvalue weighted by Gasteiger charge is -2.34. The molecule has 0 aromatic rings. The van der Waals surface area contributed by atoms with E-state index in [2.05, 4.69) is 4.90 Å². The Morgan fingerprint density at radius 3 is 2.60 bits per heavy atom. The standard InChI is InChI=1S/C17H29NO2/c1-2-20-17(19)16(12-18-8-4-3-5-9-18)15-11-13-6-7-14(15)10-13/h13-16H,2-12H2,1H3. The van der Waals surface area contributed by atoms with Crippen molar-refractivity contribution in [3.05, 3.63) is 0 Å². The second-order valence-corrected chi connectivity index (χ2v) is 7.06. The third-order valence-electron chi connectivity index (χ3n) is 5.80. The van der Waals surface area contributed by atoms with Crippen LogP contribution in [0.4, 0.5) is 0 Å². The number of nitrogens with zero attached hydrogens (tertiary/aromatic N) is 1. The van der Waals surface area contributed by atoms with Gasteiger partial charge in [0, 0.05) is 6.54 Å². The Morgan fingerprint density at radius 2 is 2.00 bits per heavy atom. The summed E-state index contributed by atoms with van der Waals surface area (Å²) in [5.41, 5.74) is 0. The summed E-state index contributed by atoms with van der Waals surface area (Å²) < 4.78 is 5.40. The number of hydrogen-bond donors (Lipinski definition) is 0. The lowest BCUT2D eigenvalue weighted by atomic mass is 9.79. The van der Waals surface area contributed by atoms with E-state index in [9.17, 15) is 4.79 Å². The Kier molecular flexibility index (Phi) is 4.65. The van der Waals surface area contributed by atoms with Crippen LogP contribution in [0.5, 0.6) is 0 Å². The molecule has 1 heterocycles. The van der Waals surface area contributed by atoms with E-state index in [1.54, 1.807) is 0 Å². The van der Waals surface area contributed by atoms with E-state index in [1.165, 1.54) is 58.0 Å². The number of ether oxygens (including phenoxy) is 1. The van der Waals surface area contributed by atoms with Crippen molar-refractivity contribution in [2.45, 2.75) is 51.9 Å². The van der Waals surface area contributed by atoms with Crippen LogP contribution in [0, 0.1) is 23.7 Å². The minimum Gasteiger partial charge on any atom is -0.466 e. The molecule has 3 aliphatic rings. The molecule has 114 valence electrons. The zero-order chi connectivity index (χ0) is 13.9. The highest BCUT2D eigenvalue weighted by molar-refractivity contribution is 5.73. The predicted molar refractivity (Wildman–Crippen MR) is 79.4 cm³/mol. The maximum absolute atomic E-state index is 12.4. The Balaban J connectivity index is 1.65. The molecule has 0 N–H and O–H groups in total. The summed E-state index contributed by atoms with van der Waals surface area (Å²) in [5.74, 6) is 2.54. The van der Waals surface area contributed by atoms with Gasteiger partial charge in [-0.15, -0.1) is 0 Å². The minimum absolute atomic E-state index is 0.0793. The van der Waals surface area contributed by atoms with Crippen LogP contribution in [-0.2, 0) is 9.53 Å². The lowest BCUT2D eigenvalue weighted by molar-refractivity contribution is -0.151. The molecule has 3 rings (SSSR count). The van der Waals surface area contributed by atoms with Crippen molar-refractivity contribution >= 4 is 5.97 Å². The highest BCUT2D eigenvalue weighted by Crippen LogP contribution is 2.51. The molecule has 1 saturated heterocycles. The molecular weight excluding hydrogens is 250 g/mol. The smallest absolute Gasteiger partial charge is 0.310 e. The molecule has 0 amide bonds. The van der Waals surface area contributed by atoms with Gasteiger partial charge in [-0.05, 0) is 69.9 Å². The Hall–Kier alpha value is -0.570. The van der Waals surface area contributed by atoms with E-state index in [0.29, 0.717) is 12.5 Å². The van der Waals surface area contributed by atoms with E-state index >= 15 is 0 Å². The number of carbonyl (C=O) groups is 1. The quantitative estimate of drug-likeness (QED) is 0.724. The zero-order valence-corrected chi connectivity index (χ0v) is 12.9. The van der Waals surface area contributed by atoms with Crippen molar-refractivity contribution in [2.75, 3.05) is 26.2 Å². The first-order chi connectivity index (χ1) is 9.78. The third-order valence-corrected chi connectivity index (χ3v) is 5.80. The Morgan fingerprint density at radius 1 is 1.20 bits per heavy atom. The summed E-state index contributed by atoms with van der Waals surface area (Å²) in [6.07, 6.45) is 9.36. The number of rotatable bonds is 5. The SMILES string of the molecule is CCOC(=O)C(CN1CCCCC1)C1CC2CCC1C2. The number of fused-ring (bicyclic) bond motifs is 2. The first-order valence-corrected chi connectivity index (χ1v) is 8.67. The molecule has 0 aromatic carbocycles. The summed E-state index contributed by atoms with van der Waals surface area (Å²) in [6, 6.07) is 0. The van der Waals surface area contributed by atoms with Gasteiger partial charge in [0.1, 0.15) is 0 Å². The second-order valence-electron chi connectivity index (χ2n) is 7.06. The van der Waals surface area contributed by atoms with Crippen LogP contribution < -0.4 is 0 Å². The molecule has 0 spiro atoms. The summed E-state index contributed by atoms with van der Waals surface area (Å²) in [4.78, 5) is 14.9. The fourth-order valence-electron chi connectivity index (χ4n) is 4.84. The monoisotopic (exact) mass is 279 g/mol. The third kappa shape index (κ3) is 3.03. The van der Waals surface area contributed by atoms with Crippen LogP contribution in [0.3, 0.4) is 0 Å². The Labute approximate surface area is 123 Å². The van der Waals surface area contributed by atoms with Crippen LogP contribution >= 0.6 is 0 Å². The van der Waals surface area contributed by atoms with E-state index in [4.69, 9.17) is 4.74 Å². The molecule has 2 aliphatic carbocycles. The molecule has 4 unspecified atom stereocenters. The van der Waals surface area contributed by atoms with Crippen molar-refractivity contribution in [1.82, 2.24) is 4.90 Å². The van der Waals surface area contributed by atoms with Crippen LogP contribution in [0.15, 0.2) is 0 Å². The number of esters is 1. The maximum Gasteiger partial charge on any atom is 0.310 e. The molecule has 3 heteroatoms. The molecule has 20 heavy (non-hydrogen) atoms. The second kappa shape index (κ2) is 6.46. The maximum atomic E-state index is 12.4. The normalized spacial score (nSPS) is 35.1. The fourth-order valence-corrected chi connectivity index (χ4v) is 4.84. The summed E-state index contributed by atoms with van der Waals surface area (Å²) in [7, 11) is 0. The molecule has 2 bridgehead atoms. The van der Waals surface area contributed by atoms with Gasteiger partial charge in [0.2, 0.25) is 0 Å². The molecule has 1 aliphatic heterocycles. The van der Waals surface area contributed by atoms with Crippen molar-refractivity contribution in [2.24, 2.45) is 23.7 Å². The summed E-state index contributed by atoms with van der Waals surface area (Å²) in [6.45, 7) is 5.76. The lowest BCUT2D eigenvalue weighted by Crippen LogP contribution is -2.41. The summed E-state index contributed by atoms with van der Waals surface area (Å²) in [5, 5.41) is 0. The number of likely N-dealkylation sites (tertiary alicyclic amines) is 1. The van der Waals surface area contributed by atoms with Crippen molar-refractivity contribution in [1.29, 1.82) is 0 Å². The van der Waals surface area contributed by atoms with E-state index in [-0.39, 0.29) is 11.9 Å². The van der Waals surface area contributed by atoms with E-state index < -0.39 is 0 Å². The number of piperidine rings is 1. The van der Waals surface area contributed by atoms with Gasteiger partial charge in [0.15, 0.2) is 0 Å². The first kappa shape index (κ1) is 14.4. The molecule has 3 nitrogen and oxygen atoms in total. The largest absolute Gasteiger partial charge is 0.466 e. The van der Waals surface area contributed by atoms with Gasteiger partial charge in [-0.25, -0.2) is 0 Å². The van der Waals surface area contributed by atoms with Gasteiger partial charge >= 0.3 is 5.97 Å². The van der Waals surface area contributed by atoms with Crippen LogP contribution in [-0.4, -0.2) is 37.1 Å². The van der Waals surface area contributed by atoms with Crippen LogP contribution in [0.2, 0.25) is 0 Å². The van der Waals surface area contributed by atoms with E-state index in [1.807, 2.05) is 6.92 Å². The molecular formula is C17H29NO2. The zero-order valence-electron chi connectivity index (χ0n) is 12.9. The average molecular weight is 279 g/mol. The van der Waals surface area contributed by atoms with Gasteiger partial charge in [-0.2, -0.15) is 0 Å². The molecule has 4 atom stereocenters. The van der Waals surface area contributed by atoms with Crippen LogP contribution in [0.1, 0.15) is 51.9 Å². The summed E-state index contributed by atoms with van der Waals surface area (Å²) >= 11 is 0. The fraction of sp³-hybridized carbons (Fsp3) is 0.941. The minimum atomic E-state index is 0.0793. The number of carbonyl (C=O) groups excluding carboxylic acids is 1. The van der Waals surface area contributed by atoms with Gasteiger partial charge in [0.25, 0.3) is 0 Å². The van der Waals surface area contributed by atoms with Crippen LogP contribution in [0.25, 0.3) is 0 Å². The molecule has 3 fully saturated rings.